The fourth-order valence-corrected chi connectivity index (χ4v) is 1.72. The molecule has 0 saturated carbocycles. The molecule has 0 aliphatic carbocycles. The Bertz CT molecular complexity index is 784. The maximum absolute atomic E-state index is 13.6. The van der Waals surface area contributed by atoms with Gasteiger partial charge >= 0.3 is 6.36 Å². The molecule has 23 heavy (non-hydrogen) atoms. The maximum Gasteiger partial charge on any atom is 0.573 e. The van der Waals surface area contributed by atoms with Crippen LogP contribution < -0.4 is 10.1 Å². The number of benzene rings is 1. The predicted octanol–water partition coefficient (Wildman–Crippen LogP) is 3.43. The van der Waals surface area contributed by atoms with Gasteiger partial charge in [-0.05, 0) is 22.0 Å². The monoisotopic (exact) mass is 390 g/mol. The van der Waals surface area contributed by atoms with Gasteiger partial charge in [0.25, 0.3) is 0 Å². The summed E-state index contributed by atoms with van der Waals surface area (Å²) in [6, 6.07) is 4.98. The molecule has 0 atom stereocenters. The first-order valence-corrected chi connectivity index (χ1v) is 6.12. The van der Waals surface area contributed by atoms with E-state index in [4.69, 9.17) is 15.8 Å². The molecule has 0 heterocycles. The van der Waals surface area contributed by atoms with Crippen molar-refractivity contribution in [1.29, 1.82) is 15.8 Å². The van der Waals surface area contributed by atoms with Crippen molar-refractivity contribution in [1.82, 2.24) is 0 Å². The van der Waals surface area contributed by atoms with Gasteiger partial charge in [-0.15, -0.1) is 13.2 Å². The summed E-state index contributed by atoms with van der Waals surface area (Å²) in [5, 5.41) is 37.9. The van der Waals surface area contributed by atoms with E-state index in [0.717, 1.165) is 6.07 Å². The van der Waals surface area contributed by atoms with Crippen molar-refractivity contribution >= 4 is 21.6 Å². The van der Waals surface area contributed by atoms with Crippen LogP contribution in [0.5, 0.6) is 11.5 Å². The molecular weight excluding hydrogens is 388 g/mol. The van der Waals surface area contributed by atoms with Crippen LogP contribution in [0.4, 0.5) is 23.2 Å². The number of phenols is 1. The molecule has 0 aromatic heterocycles. The van der Waals surface area contributed by atoms with Crippen molar-refractivity contribution in [2.45, 2.75) is 6.36 Å². The Hall–Kier alpha value is -2.97. The summed E-state index contributed by atoms with van der Waals surface area (Å²) in [7, 11) is 0. The number of anilines is 1. The van der Waals surface area contributed by atoms with Gasteiger partial charge in [-0.1, -0.05) is 0 Å². The molecule has 0 aliphatic heterocycles. The number of hydrogen-bond acceptors (Lipinski definition) is 6. The van der Waals surface area contributed by atoms with Gasteiger partial charge in [0.05, 0.1) is 10.2 Å². The van der Waals surface area contributed by atoms with Crippen LogP contribution in [0.2, 0.25) is 0 Å². The molecule has 6 nitrogen and oxygen atoms in total. The number of nitrogens with one attached hydrogen (secondary N) is 1. The summed E-state index contributed by atoms with van der Waals surface area (Å²) in [5.41, 5.74) is -1.93. The van der Waals surface area contributed by atoms with Crippen molar-refractivity contribution in [3.05, 3.63) is 27.6 Å². The highest BCUT2D eigenvalue weighted by atomic mass is 79.9. The molecule has 0 saturated heterocycles. The molecule has 0 bridgehead atoms. The Balaban J connectivity index is 3.47. The van der Waals surface area contributed by atoms with Crippen molar-refractivity contribution < 1.29 is 27.4 Å². The Morgan fingerprint density at radius 3 is 2.22 bits per heavy atom. The van der Waals surface area contributed by atoms with E-state index in [1.54, 1.807) is 0 Å². The number of rotatable bonds is 3. The average molecular weight is 391 g/mol. The Labute approximate surface area is 134 Å². The van der Waals surface area contributed by atoms with E-state index in [1.165, 1.54) is 18.2 Å². The third-order valence-corrected chi connectivity index (χ3v) is 2.79. The van der Waals surface area contributed by atoms with E-state index < -0.39 is 45.1 Å². The number of phenolic OH excluding ortho intramolecular Hbond substituents is 1. The number of hydrogen-bond donors (Lipinski definition) is 2. The van der Waals surface area contributed by atoms with E-state index >= 15 is 0 Å². The van der Waals surface area contributed by atoms with Gasteiger partial charge in [0.2, 0.25) is 5.75 Å². The highest BCUT2D eigenvalue weighted by Crippen LogP contribution is 2.43. The number of ether oxygens (including phenoxy) is 1. The largest absolute Gasteiger partial charge is 0.573 e. The molecule has 118 valence electrons. The van der Waals surface area contributed by atoms with Crippen LogP contribution in [-0.2, 0) is 0 Å². The zero-order valence-corrected chi connectivity index (χ0v) is 12.3. The molecule has 1 aromatic carbocycles. The van der Waals surface area contributed by atoms with Crippen molar-refractivity contribution in [2.24, 2.45) is 0 Å². The molecule has 0 aliphatic rings. The van der Waals surface area contributed by atoms with Crippen LogP contribution in [-0.4, -0.2) is 11.5 Å². The van der Waals surface area contributed by atoms with E-state index in [-0.39, 0.29) is 0 Å². The number of nitriles is 3. The lowest BCUT2D eigenvalue weighted by atomic mass is 10.2. The molecule has 0 unspecified atom stereocenters. The Morgan fingerprint density at radius 1 is 1.22 bits per heavy atom. The van der Waals surface area contributed by atoms with Gasteiger partial charge in [-0.25, -0.2) is 4.39 Å². The second kappa shape index (κ2) is 6.86. The van der Waals surface area contributed by atoms with Gasteiger partial charge in [-0.3, -0.25) is 0 Å². The minimum absolute atomic E-state index is 0.523. The number of alkyl halides is 3. The molecule has 0 fully saturated rings. The number of allylic oxidation sites excluding steroid dienone is 2. The SMILES string of the molecule is N#CC(C#N)=C(C#N)Nc1cc(Br)c(F)c(OC(F)(F)F)c1O. The molecule has 2 N–H and O–H groups in total. The number of halogens is 5. The quantitative estimate of drug-likeness (QED) is 0.464. The Morgan fingerprint density at radius 2 is 1.78 bits per heavy atom. The maximum atomic E-state index is 13.6. The highest BCUT2D eigenvalue weighted by Gasteiger charge is 2.35. The minimum atomic E-state index is -5.28. The number of nitrogens with zero attached hydrogens (tertiary/aromatic N) is 3. The Kier molecular flexibility index (Phi) is 5.39. The minimum Gasteiger partial charge on any atom is -0.503 e. The van der Waals surface area contributed by atoms with Crippen molar-refractivity contribution in [3.8, 4) is 29.7 Å². The van der Waals surface area contributed by atoms with Gasteiger partial charge < -0.3 is 15.2 Å². The van der Waals surface area contributed by atoms with Crippen LogP contribution in [0.25, 0.3) is 0 Å². The van der Waals surface area contributed by atoms with Gasteiger partial charge in [0.1, 0.15) is 23.9 Å². The van der Waals surface area contributed by atoms with Gasteiger partial charge in [0.15, 0.2) is 17.1 Å². The molecular formula is C12H3BrF4N4O2. The summed E-state index contributed by atoms with van der Waals surface area (Å²) in [6.07, 6.45) is -5.28. The van der Waals surface area contributed by atoms with Crippen LogP contribution in [0.15, 0.2) is 21.8 Å². The van der Waals surface area contributed by atoms with Crippen LogP contribution in [0.1, 0.15) is 0 Å². The predicted molar refractivity (Wildman–Crippen MR) is 69.9 cm³/mol. The summed E-state index contributed by atoms with van der Waals surface area (Å²) < 4.78 is 53.2. The van der Waals surface area contributed by atoms with Crippen LogP contribution in [0.3, 0.4) is 0 Å². The summed E-state index contributed by atoms with van der Waals surface area (Å²) in [5.74, 6) is -4.37. The van der Waals surface area contributed by atoms with E-state index in [0.29, 0.717) is 0 Å². The fraction of sp³-hybridized carbons (Fsp3) is 0.0833. The fourth-order valence-electron chi connectivity index (χ4n) is 1.32. The standard InChI is InChI=1S/C12H3BrF4N4O2/c13-6-1-7(21-8(4-20)5(2-18)3-19)10(22)11(9(6)14)23-12(15,16)17/h1,21-22H. The van der Waals surface area contributed by atoms with Crippen molar-refractivity contribution in [2.75, 3.05) is 5.32 Å². The van der Waals surface area contributed by atoms with Crippen LogP contribution in [0, 0.1) is 39.8 Å². The van der Waals surface area contributed by atoms with E-state index in [1.807, 2.05) is 0 Å². The van der Waals surface area contributed by atoms with E-state index in [9.17, 15) is 22.7 Å². The zero-order chi connectivity index (χ0) is 17.8. The third kappa shape index (κ3) is 4.25. The first kappa shape index (κ1) is 18.1. The second-order valence-electron chi connectivity index (χ2n) is 3.66. The van der Waals surface area contributed by atoms with Gasteiger partial charge in [0, 0.05) is 0 Å². The van der Waals surface area contributed by atoms with E-state index in [2.05, 4.69) is 26.0 Å². The molecule has 1 aromatic rings. The number of aromatic hydroxyl groups is 1. The van der Waals surface area contributed by atoms with Gasteiger partial charge in [-0.2, -0.15) is 15.8 Å². The molecule has 11 heteroatoms. The normalized spacial score (nSPS) is 10.0. The lowest BCUT2D eigenvalue weighted by Crippen LogP contribution is -2.18. The summed E-state index contributed by atoms with van der Waals surface area (Å²) in [4.78, 5) is 0. The summed E-state index contributed by atoms with van der Waals surface area (Å²) >= 11 is 2.62. The highest BCUT2D eigenvalue weighted by molar-refractivity contribution is 9.10. The molecule has 0 amide bonds. The first-order valence-electron chi connectivity index (χ1n) is 5.32. The molecule has 1 rings (SSSR count). The molecule has 0 spiro atoms. The van der Waals surface area contributed by atoms with Crippen LogP contribution >= 0.6 is 15.9 Å². The topological polar surface area (TPSA) is 113 Å². The summed E-state index contributed by atoms with van der Waals surface area (Å²) in [6.45, 7) is 0. The third-order valence-electron chi connectivity index (χ3n) is 2.21. The lowest BCUT2D eigenvalue weighted by Gasteiger charge is -2.15. The smallest absolute Gasteiger partial charge is 0.503 e. The second-order valence-corrected chi connectivity index (χ2v) is 4.51. The zero-order valence-electron chi connectivity index (χ0n) is 10.7. The average Bonchev–Trinajstić information content (AvgIpc) is 2.47. The first-order chi connectivity index (χ1) is 10.6. The lowest BCUT2D eigenvalue weighted by molar-refractivity contribution is -0.276. The molecule has 0 radical (unpaired) electrons. The van der Waals surface area contributed by atoms with Crippen molar-refractivity contribution in [3.63, 3.8) is 0 Å².